The van der Waals surface area contributed by atoms with Gasteiger partial charge in [-0.05, 0) is 47.2 Å². The predicted octanol–water partition coefficient (Wildman–Crippen LogP) is 1.31. The molecule has 0 bridgehead atoms. The van der Waals surface area contributed by atoms with Crippen LogP contribution in [0.25, 0.3) is 0 Å². The van der Waals surface area contributed by atoms with Crippen molar-refractivity contribution in [3.05, 3.63) is 0 Å². The normalized spacial score (nSPS) is 22.6. The van der Waals surface area contributed by atoms with Crippen LogP contribution < -0.4 is 5.32 Å². The Morgan fingerprint density at radius 3 is 2.53 bits per heavy atom. The number of nitrogens with one attached hydrogen (secondary N) is 1. The highest BCUT2D eigenvalue weighted by Gasteiger charge is 2.33. The van der Waals surface area contributed by atoms with Gasteiger partial charge in [-0.25, -0.2) is 9.59 Å². The number of hydrogen-bond acceptors (Lipinski definition) is 4. The van der Waals surface area contributed by atoms with Gasteiger partial charge in [0.05, 0.1) is 0 Å². The molecule has 0 saturated carbocycles. The Hall–Kier alpha value is -1.30. The maximum Gasteiger partial charge on any atom is 0.408 e. The van der Waals surface area contributed by atoms with Crippen LogP contribution in [0, 0.1) is 5.92 Å². The van der Waals surface area contributed by atoms with Gasteiger partial charge in [-0.15, -0.1) is 0 Å². The van der Waals surface area contributed by atoms with Gasteiger partial charge in [-0.2, -0.15) is 0 Å². The minimum absolute atomic E-state index is 0.0798. The third kappa shape index (κ3) is 5.46. The van der Waals surface area contributed by atoms with Gasteiger partial charge < -0.3 is 20.1 Å². The minimum Gasteiger partial charge on any atom is -0.480 e. The molecule has 0 aliphatic carbocycles. The van der Waals surface area contributed by atoms with Crippen molar-refractivity contribution in [1.82, 2.24) is 10.2 Å². The van der Waals surface area contributed by atoms with Gasteiger partial charge in [0.25, 0.3) is 0 Å². The third-order valence-electron chi connectivity index (χ3n) is 3.07. The Bertz CT molecular complexity index is 338. The molecule has 1 rings (SSSR count). The summed E-state index contributed by atoms with van der Waals surface area (Å²) in [6, 6.07) is -0.891. The fraction of sp³-hybridized carbons (Fsp3) is 0.846. The van der Waals surface area contributed by atoms with Gasteiger partial charge in [0.2, 0.25) is 0 Å². The molecular formula is C13H24N2O4. The van der Waals surface area contributed by atoms with Crippen LogP contribution in [0.15, 0.2) is 0 Å². The monoisotopic (exact) mass is 272 g/mol. The van der Waals surface area contributed by atoms with Crippen molar-refractivity contribution < 1.29 is 19.4 Å². The molecule has 6 heteroatoms. The molecule has 6 nitrogen and oxygen atoms in total. The summed E-state index contributed by atoms with van der Waals surface area (Å²) < 4.78 is 5.11. The summed E-state index contributed by atoms with van der Waals surface area (Å²) in [4.78, 5) is 25.1. The summed E-state index contributed by atoms with van der Waals surface area (Å²) in [5.41, 5.74) is -0.628. The van der Waals surface area contributed by atoms with Crippen LogP contribution in [0.3, 0.4) is 0 Å². The number of rotatable bonds is 3. The molecule has 1 aliphatic heterocycles. The van der Waals surface area contributed by atoms with Crippen LogP contribution in [-0.4, -0.2) is 53.8 Å². The van der Waals surface area contributed by atoms with Gasteiger partial charge in [-0.3, -0.25) is 0 Å². The van der Waals surface area contributed by atoms with E-state index in [1.54, 1.807) is 20.8 Å². The van der Waals surface area contributed by atoms with E-state index in [4.69, 9.17) is 4.74 Å². The number of piperidine rings is 1. The Morgan fingerprint density at radius 1 is 1.42 bits per heavy atom. The van der Waals surface area contributed by atoms with Crippen LogP contribution in [0.1, 0.15) is 33.6 Å². The highest BCUT2D eigenvalue weighted by atomic mass is 16.6. The molecule has 0 aromatic heterocycles. The number of alkyl carbamates (subject to hydrolysis) is 1. The number of carboxylic acids is 1. The lowest BCUT2D eigenvalue weighted by atomic mass is 9.91. The Labute approximate surface area is 114 Å². The first-order chi connectivity index (χ1) is 8.69. The molecule has 0 radical (unpaired) electrons. The average Bonchev–Trinajstić information content (AvgIpc) is 2.23. The van der Waals surface area contributed by atoms with Crippen LogP contribution in [-0.2, 0) is 9.53 Å². The van der Waals surface area contributed by atoms with Crippen molar-refractivity contribution in [3.63, 3.8) is 0 Å². The average molecular weight is 272 g/mol. The van der Waals surface area contributed by atoms with Crippen molar-refractivity contribution in [1.29, 1.82) is 0 Å². The van der Waals surface area contributed by atoms with Crippen LogP contribution >= 0.6 is 0 Å². The number of carboxylic acid groups (broad SMARTS) is 1. The van der Waals surface area contributed by atoms with Crippen molar-refractivity contribution in [3.8, 4) is 0 Å². The Balaban J connectivity index is 2.62. The summed E-state index contributed by atoms with van der Waals surface area (Å²) in [7, 11) is 1.96. The summed E-state index contributed by atoms with van der Waals surface area (Å²) in [6.07, 6.45) is 1.08. The van der Waals surface area contributed by atoms with E-state index in [1.807, 2.05) is 7.05 Å². The van der Waals surface area contributed by atoms with Crippen molar-refractivity contribution in [2.75, 3.05) is 20.1 Å². The quantitative estimate of drug-likeness (QED) is 0.809. The van der Waals surface area contributed by atoms with Gasteiger partial charge >= 0.3 is 12.1 Å². The second kappa shape index (κ2) is 6.23. The molecule has 1 heterocycles. The van der Waals surface area contributed by atoms with Gasteiger partial charge in [0.1, 0.15) is 11.6 Å². The molecule has 1 aliphatic rings. The van der Waals surface area contributed by atoms with Gasteiger partial charge in [-0.1, -0.05) is 0 Å². The number of carbonyl (C=O) groups excluding carboxylic acids is 1. The van der Waals surface area contributed by atoms with E-state index in [0.29, 0.717) is 6.54 Å². The zero-order chi connectivity index (χ0) is 14.6. The van der Waals surface area contributed by atoms with E-state index in [0.717, 1.165) is 19.4 Å². The highest BCUT2D eigenvalue weighted by Crippen LogP contribution is 2.19. The fourth-order valence-corrected chi connectivity index (χ4v) is 2.29. The molecule has 19 heavy (non-hydrogen) atoms. The van der Waals surface area contributed by atoms with Gasteiger partial charge in [0, 0.05) is 12.5 Å². The smallest absolute Gasteiger partial charge is 0.408 e. The van der Waals surface area contributed by atoms with Crippen LogP contribution in [0.4, 0.5) is 4.79 Å². The Kier molecular flexibility index (Phi) is 5.17. The van der Waals surface area contributed by atoms with E-state index >= 15 is 0 Å². The van der Waals surface area contributed by atoms with Crippen molar-refractivity contribution >= 4 is 12.1 Å². The lowest BCUT2D eigenvalue weighted by molar-refractivity contribution is -0.141. The number of aliphatic carboxylic acids is 1. The molecule has 110 valence electrons. The second-order valence-electron chi connectivity index (χ2n) is 6.13. The molecule has 2 N–H and O–H groups in total. The van der Waals surface area contributed by atoms with Crippen molar-refractivity contribution in [2.45, 2.75) is 45.3 Å². The molecule has 2 unspecified atom stereocenters. The maximum absolute atomic E-state index is 11.7. The second-order valence-corrected chi connectivity index (χ2v) is 6.13. The first-order valence-electron chi connectivity index (χ1n) is 6.60. The Morgan fingerprint density at radius 2 is 2.05 bits per heavy atom. The summed E-state index contributed by atoms with van der Waals surface area (Å²) >= 11 is 0. The zero-order valence-corrected chi connectivity index (χ0v) is 12.1. The first-order valence-corrected chi connectivity index (χ1v) is 6.60. The van der Waals surface area contributed by atoms with E-state index in [9.17, 15) is 14.7 Å². The fourth-order valence-electron chi connectivity index (χ4n) is 2.29. The van der Waals surface area contributed by atoms with Crippen molar-refractivity contribution in [2.24, 2.45) is 5.92 Å². The number of carbonyl (C=O) groups is 2. The predicted molar refractivity (Wildman–Crippen MR) is 71.0 cm³/mol. The molecule has 1 saturated heterocycles. The first kappa shape index (κ1) is 15.8. The van der Waals surface area contributed by atoms with E-state index < -0.39 is 23.7 Å². The molecule has 0 aromatic rings. The number of nitrogens with zero attached hydrogens (tertiary/aromatic N) is 1. The van der Waals surface area contributed by atoms with E-state index in [2.05, 4.69) is 10.2 Å². The lowest BCUT2D eigenvalue weighted by Gasteiger charge is -2.33. The number of likely N-dealkylation sites (tertiary alicyclic amines) is 1. The highest BCUT2D eigenvalue weighted by molar-refractivity contribution is 5.80. The number of amides is 1. The van der Waals surface area contributed by atoms with E-state index in [1.165, 1.54) is 0 Å². The van der Waals surface area contributed by atoms with E-state index in [-0.39, 0.29) is 5.92 Å². The summed E-state index contributed by atoms with van der Waals surface area (Å²) in [5, 5.41) is 11.7. The molecule has 1 fully saturated rings. The minimum atomic E-state index is -1.01. The molecule has 0 aromatic carbocycles. The summed E-state index contributed by atoms with van der Waals surface area (Å²) in [5.74, 6) is -1.09. The standard InChI is InChI=1S/C13H24N2O4/c1-13(2,3)19-12(18)14-10(11(16)17)9-6-5-7-15(4)8-9/h9-10H,5-8H2,1-4H3,(H,14,18)(H,16,17). The topological polar surface area (TPSA) is 78.9 Å². The zero-order valence-electron chi connectivity index (χ0n) is 12.1. The molecule has 2 atom stereocenters. The number of ether oxygens (including phenoxy) is 1. The third-order valence-corrected chi connectivity index (χ3v) is 3.07. The van der Waals surface area contributed by atoms with Gasteiger partial charge in [0.15, 0.2) is 0 Å². The van der Waals surface area contributed by atoms with Crippen LogP contribution in [0.2, 0.25) is 0 Å². The molecule has 0 spiro atoms. The number of hydrogen-bond donors (Lipinski definition) is 2. The largest absolute Gasteiger partial charge is 0.480 e. The molecule has 1 amide bonds. The van der Waals surface area contributed by atoms with Crippen LogP contribution in [0.5, 0.6) is 0 Å². The summed E-state index contributed by atoms with van der Waals surface area (Å²) in [6.45, 7) is 6.88. The maximum atomic E-state index is 11.7. The SMILES string of the molecule is CN1CCCC(C(NC(=O)OC(C)(C)C)C(=O)O)C1. The lowest BCUT2D eigenvalue weighted by Crippen LogP contribution is -2.51. The molecular weight excluding hydrogens is 248 g/mol.